The molecule has 0 aliphatic rings. The van der Waals surface area contributed by atoms with Crippen molar-refractivity contribution in [3.8, 4) is 23.8 Å². The first-order chi connectivity index (χ1) is 10.2. The van der Waals surface area contributed by atoms with E-state index < -0.39 is 0 Å². The molecule has 0 unspecified atom stereocenters. The molecule has 0 atom stereocenters. The van der Waals surface area contributed by atoms with E-state index >= 15 is 0 Å². The number of methoxy groups -OCH3 is 1. The highest BCUT2D eigenvalue weighted by atomic mass is 16.5. The van der Waals surface area contributed by atoms with E-state index in [1.807, 2.05) is 18.2 Å². The monoisotopic (exact) mass is 284 g/mol. The van der Waals surface area contributed by atoms with Gasteiger partial charge in [0.25, 0.3) is 0 Å². The van der Waals surface area contributed by atoms with Crippen molar-refractivity contribution in [2.24, 2.45) is 0 Å². The van der Waals surface area contributed by atoms with Crippen LogP contribution in [0.5, 0.6) is 11.5 Å². The molecule has 2 aromatic rings. The molecule has 0 radical (unpaired) electrons. The Balaban J connectivity index is 2.17. The molecule has 1 heterocycles. The molecule has 0 N–H and O–H groups in total. The fourth-order valence-corrected chi connectivity index (χ4v) is 1.85. The van der Waals surface area contributed by atoms with Crippen molar-refractivity contribution in [2.45, 2.75) is 13.0 Å². The number of benzene rings is 1. The highest BCUT2D eigenvalue weighted by molar-refractivity contribution is 5.43. The van der Waals surface area contributed by atoms with Crippen LogP contribution >= 0.6 is 0 Å². The molecule has 0 aliphatic carbocycles. The first kappa shape index (κ1) is 14.7. The summed E-state index contributed by atoms with van der Waals surface area (Å²) in [7, 11) is 1.57. The van der Waals surface area contributed by atoms with E-state index in [4.69, 9.17) is 15.9 Å². The van der Waals surface area contributed by atoms with Gasteiger partial charge in [-0.2, -0.15) is 0 Å². The maximum absolute atomic E-state index is 11.6. The number of ether oxygens (including phenoxy) is 2. The van der Waals surface area contributed by atoms with Gasteiger partial charge in [-0.25, -0.2) is 9.78 Å². The van der Waals surface area contributed by atoms with E-state index in [0.717, 1.165) is 5.56 Å². The fraction of sp³-hybridized carbons (Fsp3) is 0.250. The number of terminal acetylenes is 1. The molecular formula is C16H16N2O3. The molecule has 1 aromatic heterocycles. The van der Waals surface area contributed by atoms with E-state index in [-0.39, 0.29) is 5.69 Å². The lowest BCUT2D eigenvalue weighted by molar-refractivity contribution is 0.301. The molecular weight excluding hydrogens is 268 g/mol. The predicted molar refractivity (Wildman–Crippen MR) is 79.5 cm³/mol. The summed E-state index contributed by atoms with van der Waals surface area (Å²) >= 11 is 0. The molecule has 5 heteroatoms. The lowest BCUT2D eigenvalue weighted by atomic mass is 10.2. The molecule has 21 heavy (non-hydrogen) atoms. The number of rotatable bonds is 6. The third-order valence-corrected chi connectivity index (χ3v) is 2.87. The molecule has 0 saturated heterocycles. The first-order valence-corrected chi connectivity index (χ1v) is 6.49. The van der Waals surface area contributed by atoms with Crippen LogP contribution in [0.25, 0.3) is 0 Å². The highest BCUT2D eigenvalue weighted by Crippen LogP contribution is 2.28. The van der Waals surface area contributed by atoms with Crippen molar-refractivity contribution in [3.05, 3.63) is 52.7 Å². The van der Waals surface area contributed by atoms with E-state index in [2.05, 4.69) is 10.9 Å². The van der Waals surface area contributed by atoms with E-state index in [0.29, 0.717) is 31.1 Å². The van der Waals surface area contributed by atoms with Crippen molar-refractivity contribution >= 4 is 0 Å². The van der Waals surface area contributed by atoms with Crippen LogP contribution in [0.15, 0.2) is 41.5 Å². The van der Waals surface area contributed by atoms with Gasteiger partial charge < -0.3 is 9.47 Å². The summed E-state index contributed by atoms with van der Waals surface area (Å²) in [6, 6.07) is 7.25. The van der Waals surface area contributed by atoms with Crippen molar-refractivity contribution in [1.82, 2.24) is 9.55 Å². The van der Waals surface area contributed by atoms with Crippen LogP contribution in [0.3, 0.4) is 0 Å². The molecule has 2 rings (SSSR count). The SMILES string of the molecule is C#CCCOc1ccc(Cn2cccnc2=O)cc1OC. The Kier molecular flexibility index (Phi) is 4.99. The van der Waals surface area contributed by atoms with Gasteiger partial charge >= 0.3 is 5.69 Å². The minimum Gasteiger partial charge on any atom is -0.493 e. The number of aromatic nitrogens is 2. The van der Waals surface area contributed by atoms with Gasteiger partial charge in [0.05, 0.1) is 20.3 Å². The first-order valence-electron chi connectivity index (χ1n) is 6.49. The van der Waals surface area contributed by atoms with Crippen molar-refractivity contribution in [1.29, 1.82) is 0 Å². The van der Waals surface area contributed by atoms with Crippen molar-refractivity contribution in [2.75, 3.05) is 13.7 Å². The summed E-state index contributed by atoms with van der Waals surface area (Å²) in [4.78, 5) is 15.3. The zero-order valence-electron chi connectivity index (χ0n) is 11.8. The molecule has 0 aliphatic heterocycles. The summed E-state index contributed by atoms with van der Waals surface area (Å²) in [6.07, 6.45) is 8.89. The number of nitrogens with zero attached hydrogens (tertiary/aromatic N) is 2. The highest BCUT2D eigenvalue weighted by Gasteiger charge is 2.06. The molecule has 5 nitrogen and oxygen atoms in total. The van der Waals surface area contributed by atoms with Crippen LogP contribution in [0, 0.1) is 12.3 Å². The van der Waals surface area contributed by atoms with Gasteiger partial charge in [0.15, 0.2) is 11.5 Å². The van der Waals surface area contributed by atoms with Gasteiger partial charge in [0.1, 0.15) is 0 Å². The quantitative estimate of drug-likeness (QED) is 0.598. The maximum atomic E-state index is 11.6. The van der Waals surface area contributed by atoms with Crippen molar-refractivity contribution < 1.29 is 9.47 Å². The van der Waals surface area contributed by atoms with E-state index in [1.165, 1.54) is 10.8 Å². The number of hydrogen-bond donors (Lipinski definition) is 0. The summed E-state index contributed by atoms with van der Waals surface area (Å²) in [5.74, 6) is 3.76. The van der Waals surface area contributed by atoms with Gasteiger partial charge in [-0.15, -0.1) is 12.3 Å². The molecule has 0 bridgehead atoms. The lowest BCUT2D eigenvalue weighted by Crippen LogP contribution is -2.21. The van der Waals surface area contributed by atoms with Crippen LogP contribution in [0.4, 0.5) is 0 Å². The zero-order chi connectivity index (χ0) is 15.1. The average molecular weight is 284 g/mol. The summed E-state index contributed by atoms with van der Waals surface area (Å²) in [5.41, 5.74) is 0.636. The summed E-state index contributed by atoms with van der Waals surface area (Å²) < 4.78 is 12.4. The van der Waals surface area contributed by atoms with E-state index in [1.54, 1.807) is 19.4 Å². The largest absolute Gasteiger partial charge is 0.493 e. The Hall–Kier alpha value is -2.74. The van der Waals surface area contributed by atoms with Gasteiger partial charge in [-0.05, 0) is 23.8 Å². The second kappa shape index (κ2) is 7.15. The van der Waals surface area contributed by atoms with Crippen LogP contribution in [0.1, 0.15) is 12.0 Å². The second-order valence-corrected chi connectivity index (χ2v) is 4.32. The average Bonchev–Trinajstić information content (AvgIpc) is 2.51. The van der Waals surface area contributed by atoms with Gasteiger partial charge in [-0.1, -0.05) is 6.07 Å². The van der Waals surface area contributed by atoms with Crippen LogP contribution < -0.4 is 15.2 Å². The smallest absolute Gasteiger partial charge is 0.347 e. The van der Waals surface area contributed by atoms with Gasteiger partial charge in [0.2, 0.25) is 0 Å². The third-order valence-electron chi connectivity index (χ3n) is 2.87. The Morgan fingerprint density at radius 2 is 2.24 bits per heavy atom. The number of hydrogen-bond acceptors (Lipinski definition) is 4. The third kappa shape index (κ3) is 3.86. The Morgan fingerprint density at radius 3 is 2.95 bits per heavy atom. The van der Waals surface area contributed by atoms with Gasteiger partial charge in [0, 0.05) is 18.8 Å². The minimum absolute atomic E-state index is 0.286. The summed E-state index contributed by atoms with van der Waals surface area (Å²) in [5, 5.41) is 0. The molecule has 0 spiro atoms. The zero-order valence-corrected chi connectivity index (χ0v) is 11.8. The second-order valence-electron chi connectivity index (χ2n) is 4.32. The Morgan fingerprint density at radius 1 is 1.38 bits per heavy atom. The molecule has 0 saturated carbocycles. The van der Waals surface area contributed by atoms with Crippen molar-refractivity contribution in [3.63, 3.8) is 0 Å². The predicted octanol–water partition coefficient (Wildman–Crippen LogP) is 1.70. The minimum atomic E-state index is -0.286. The van der Waals surface area contributed by atoms with E-state index in [9.17, 15) is 4.79 Å². The van der Waals surface area contributed by atoms with Gasteiger partial charge in [-0.3, -0.25) is 4.57 Å². The van der Waals surface area contributed by atoms with Crippen LogP contribution in [0.2, 0.25) is 0 Å². The summed E-state index contributed by atoms with van der Waals surface area (Å²) in [6.45, 7) is 0.863. The van der Waals surface area contributed by atoms with Crippen LogP contribution in [-0.4, -0.2) is 23.3 Å². The lowest BCUT2D eigenvalue weighted by Gasteiger charge is -2.12. The maximum Gasteiger partial charge on any atom is 0.347 e. The van der Waals surface area contributed by atoms with Crippen LogP contribution in [-0.2, 0) is 6.54 Å². The molecule has 1 aromatic carbocycles. The molecule has 0 fully saturated rings. The standard InChI is InChI=1S/C16H16N2O3/c1-3-4-10-21-14-7-6-13(11-15(14)20-2)12-18-9-5-8-17-16(18)19/h1,5-9,11H,4,10,12H2,2H3. The Labute approximate surface area is 123 Å². The molecule has 0 amide bonds. The normalized spacial score (nSPS) is 9.90. The Bertz CT molecular complexity index is 701. The molecule has 108 valence electrons. The fourth-order valence-electron chi connectivity index (χ4n) is 1.85. The topological polar surface area (TPSA) is 53.4 Å².